The number of anilines is 1. The van der Waals surface area contributed by atoms with Crippen LogP contribution in [-0.4, -0.2) is 16.9 Å². The van der Waals surface area contributed by atoms with Crippen molar-refractivity contribution in [3.8, 4) is 0 Å². The first-order valence-electron chi connectivity index (χ1n) is 5.81. The third kappa shape index (κ3) is 3.14. The van der Waals surface area contributed by atoms with Crippen LogP contribution in [0.25, 0.3) is 0 Å². The number of carbonyl (C=O) groups excluding carboxylic acids is 1. The molecule has 1 aliphatic rings. The van der Waals surface area contributed by atoms with Crippen molar-refractivity contribution in [2.45, 2.75) is 25.3 Å². The third-order valence-electron chi connectivity index (χ3n) is 2.94. The van der Waals surface area contributed by atoms with Crippen LogP contribution in [0.3, 0.4) is 0 Å². The van der Waals surface area contributed by atoms with E-state index >= 15 is 0 Å². The number of amides is 1. The quantitative estimate of drug-likeness (QED) is 0.895. The lowest BCUT2D eigenvalue weighted by Gasteiger charge is -2.15. The number of fused-ring (bicyclic) bond motifs is 1. The highest BCUT2D eigenvalue weighted by atomic mass is 35.5. The van der Waals surface area contributed by atoms with Gasteiger partial charge in [0, 0.05) is 10.9 Å². The number of thiazole rings is 1. The Hall–Kier alpha value is -0.950. The Bertz CT molecular complexity index is 568. The number of halogens is 1. The Morgan fingerprint density at radius 3 is 3.11 bits per heavy atom. The summed E-state index contributed by atoms with van der Waals surface area (Å²) in [7, 11) is 0. The van der Waals surface area contributed by atoms with Gasteiger partial charge in [0.15, 0.2) is 5.13 Å². The van der Waals surface area contributed by atoms with Crippen LogP contribution in [0.5, 0.6) is 0 Å². The SMILES string of the molecule is Cl.N[C@H]1CCc2nc(NC(=O)c3cccs3)sc2C1. The zero-order valence-corrected chi connectivity index (χ0v) is 12.5. The van der Waals surface area contributed by atoms with E-state index in [0.29, 0.717) is 10.0 Å². The molecule has 0 saturated carbocycles. The van der Waals surface area contributed by atoms with Crippen LogP contribution in [0, 0.1) is 0 Å². The molecule has 0 fully saturated rings. The number of nitrogens with one attached hydrogen (secondary N) is 1. The zero-order valence-electron chi connectivity index (χ0n) is 10.1. The van der Waals surface area contributed by atoms with Crippen LogP contribution < -0.4 is 11.1 Å². The fraction of sp³-hybridized carbons (Fsp3) is 0.333. The Balaban J connectivity index is 0.00000133. The minimum Gasteiger partial charge on any atom is -0.327 e. The smallest absolute Gasteiger partial charge is 0.267 e. The summed E-state index contributed by atoms with van der Waals surface area (Å²) in [6.45, 7) is 0. The van der Waals surface area contributed by atoms with Crippen molar-refractivity contribution in [3.63, 3.8) is 0 Å². The number of thiophene rings is 1. The molecule has 2 aromatic rings. The van der Waals surface area contributed by atoms with Crippen molar-refractivity contribution in [1.29, 1.82) is 0 Å². The van der Waals surface area contributed by atoms with Gasteiger partial charge >= 0.3 is 0 Å². The highest BCUT2D eigenvalue weighted by molar-refractivity contribution is 7.16. The monoisotopic (exact) mass is 315 g/mol. The molecule has 0 radical (unpaired) electrons. The molecule has 102 valence electrons. The Morgan fingerprint density at radius 1 is 1.53 bits per heavy atom. The molecule has 1 aliphatic carbocycles. The Kier molecular flexibility index (Phi) is 4.57. The molecule has 1 amide bonds. The topological polar surface area (TPSA) is 68.0 Å². The largest absolute Gasteiger partial charge is 0.327 e. The summed E-state index contributed by atoms with van der Waals surface area (Å²) in [5.74, 6) is -0.0830. The third-order valence-corrected chi connectivity index (χ3v) is 4.85. The molecule has 4 nitrogen and oxygen atoms in total. The standard InChI is InChI=1S/C12H13N3OS2.ClH/c13-7-3-4-8-10(6-7)18-12(14-8)15-11(16)9-2-1-5-17-9;/h1-2,5,7H,3-4,6,13H2,(H,14,15,16);1H/t7-;/m0./s1. The highest BCUT2D eigenvalue weighted by Crippen LogP contribution is 2.29. The van der Waals surface area contributed by atoms with Gasteiger partial charge in [-0.05, 0) is 30.7 Å². The number of nitrogens with two attached hydrogens (primary N) is 1. The van der Waals surface area contributed by atoms with Gasteiger partial charge in [0.05, 0.1) is 10.6 Å². The van der Waals surface area contributed by atoms with Gasteiger partial charge < -0.3 is 5.73 Å². The molecule has 7 heteroatoms. The van der Waals surface area contributed by atoms with Gasteiger partial charge in [-0.15, -0.1) is 35.1 Å². The van der Waals surface area contributed by atoms with E-state index in [1.807, 2.05) is 17.5 Å². The number of carbonyl (C=O) groups is 1. The number of nitrogens with zero attached hydrogens (tertiary/aromatic N) is 1. The first-order chi connectivity index (χ1) is 8.72. The molecule has 0 spiro atoms. The summed E-state index contributed by atoms with van der Waals surface area (Å²) in [6, 6.07) is 3.91. The van der Waals surface area contributed by atoms with E-state index in [-0.39, 0.29) is 24.4 Å². The molecule has 0 aliphatic heterocycles. The minimum atomic E-state index is -0.0830. The molecular weight excluding hydrogens is 302 g/mol. The van der Waals surface area contributed by atoms with E-state index in [2.05, 4.69) is 10.3 Å². The summed E-state index contributed by atoms with van der Waals surface area (Å²) >= 11 is 2.98. The number of hydrogen-bond donors (Lipinski definition) is 2. The van der Waals surface area contributed by atoms with E-state index in [4.69, 9.17) is 5.73 Å². The summed E-state index contributed by atoms with van der Waals surface area (Å²) < 4.78 is 0. The van der Waals surface area contributed by atoms with Gasteiger partial charge in [0.1, 0.15) is 0 Å². The van der Waals surface area contributed by atoms with E-state index in [9.17, 15) is 4.79 Å². The van der Waals surface area contributed by atoms with Gasteiger partial charge in [0.2, 0.25) is 0 Å². The molecule has 19 heavy (non-hydrogen) atoms. The number of aromatic nitrogens is 1. The van der Waals surface area contributed by atoms with E-state index in [0.717, 1.165) is 25.0 Å². The Morgan fingerprint density at radius 2 is 2.37 bits per heavy atom. The average Bonchev–Trinajstić information content (AvgIpc) is 2.95. The fourth-order valence-electron chi connectivity index (χ4n) is 2.02. The second-order valence-corrected chi connectivity index (χ2v) is 6.35. The lowest BCUT2D eigenvalue weighted by Crippen LogP contribution is -2.26. The van der Waals surface area contributed by atoms with Gasteiger partial charge in [-0.1, -0.05) is 6.07 Å². The second kappa shape index (κ2) is 6.00. The summed E-state index contributed by atoms with van der Waals surface area (Å²) in [6.07, 6.45) is 2.78. The van der Waals surface area contributed by atoms with Gasteiger partial charge in [-0.2, -0.15) is 0 Å². The van der Waals surface area contributed by atoms with Crippen LogP contribution in [0.4, 0.5) is 5.13 Å². The van der Waals surface area contributed by atoms with Gasteiger partial charge in [0.25, 0.3) is 5.91 Å². The van der Waals surface area contributed by atoms with Crippen molar-refractivity contribution in [3.05, 3.63) is 33.0 Å². The summed E-state index contributed by atoms with van der Waals surface area (Å²) in [4.78, 5) is 18.3. The first-order valence-corrected chi connectivity index (χ1v) is 7.51. The van der Waals surface area contributed by atoms with Gasteiger partial charge in [-0.25, -0.2) is 4.98 Å². The lowest BCUT2D eigenvalue weighted by molar-refractivity contribution is 0.103. The maximum Gasteiger partial charge on any atom is 0.267 e. The van der Waals surface area contributed by atoms with E-state index < -0.39 is 0 Å². The van der Waals surface area contributed by atoms with Crippen molar-refractivity contribution < 1.29 is 4.79 Å². The molecule has 0 aromatic carbocycles. The predicted octanol–water partition coefficient (Wildman–Crippen LogP) is 2.69. The average molecular weight is 316 g/mol. The molecule has 0 saturated heterocycles. The number of aryl methyl sites for hydroxylation is 1. The predicted molar refractivity (Wildman–Crippen MR) is 81.6 cm³/mol. The van der Waals surface area contributed by atoms with Crippen LogP contribution in [0.2, 0.25) is 0 Å². The summed E-state index contributed by atoms with van der Waals surface area (Å²) in [5, 5.41) is 5.43. The molecule has 3 rings (SSSR count). The van der Waals surface area contributed by atoms with Crippen molar-refractivity contribution in [1.82, 2.24) is 4.98 Å². The zero-order chi connectivity index (χ0) is 12.5. The van der Waals surface area contributed by atoms with Crippen LogP contribution >= 0.6 is 35.1 Å². The summed E-state index contributed by atoms with van der Waals surface area (Å²) in [5.41, 5.74) is 7.03. The second-order valence-electron chi connectivity index (χ2n) is 4.32. The fourth-order valence-corrected chi connectivity index (χ4v) is 3.74. The molecular formula is C12H14ClN3OS2. The van der Waals surface area contributed by atoms with Crippen molar-refractivity contribution in [2.24, 2.45) is 5.73 Å². The first kappa shape index (κ1) is 14.5. The van der Waals surface area contributed by atoms with Crippen molar-refractivity contribution in [2.75, 3.05) is 5.32 Å². The number of hydrogen-bond acceptors (Lipinski definition) is 5. The molecule has 1 atom stereocenters. The molecule has 0 bridgehead atoms. The Labute approximate surface area is 125 Å². The minimum absolute atomic E-state index is 0. The highest BCUT2D eigenvalue weighted by Gasteiger charge is 2.21. The van der Waals surface area contributed by atoms with E-state index in [1.165, 1.54) is 16.2 Å². The van der Waals surface area contributed by atoms with Crippen LogP contribution in [0.1, 0.15) is 26.7 Å². The number of rotatable bonds is 2. The van der Waals surface area contributed by atoms with Gasteiger partial charge in [-0.3, -0.25) is 10.1 Å². The normalized spacial score (nSPS) is 17.4. The van der Waals surface area contributed by atoms with Crippen LogP contribution in [-0.2, 0) is 12.8 Å². The maximum absolute atomic E-state index is 11.9. The lowest BCUT2D eigenvalue weighted by atomic mass is 9.99. The van der Waals surface area contributed by atoms with E-state index in [1.54, 1.807) is 11.3 Å². The molecule has 3 N–H and O–H groups in total. The van der Waals surface area contributed by atoms with Crippen molar-refractivity contribution >= 4 is 46.1 Å². The molecule has 2 heterocycles. The molecule has 2 aromatic heterocycles. The van der Waals surface area contributed by atoms with Crippen LogP contribution in [0.15, 0.2) is 17.5 Å². The maximum atomic E-state index is 11.9. The molecule has 0 unspecified atom stereocenters.